The van der Waals surface area contributed by atoms with Crippen molar-refractivity contribution in [1.29, 1.82) is 0 Å². The predicted molar refractivity (Wildman–Crippen MR) is 65.9 cm³/mol. The van der Waals surface area contributed by atoms with E-state index in [2.05, 4.69) is 9.84 Å². The van der Waals surface area contributed by atoms with Crippen LogP contribution in [0.4, 0.5) is 4.39 Å². The van der Waals surface area contributed by atoms with E-state index in [4.69, 9.17) is 0 Å². The molecule has 2 rings (SSSR count). The molecule has 1 aromatic heterocycles. The van der Waals surface area contributed by atoms with Crippen LogP contribution >= 0.6 is 0 Å². The van der Waals surface area contributed by atoms with Crippen molar-refractivity contribution in [3.63, 3.8) is 0 Å². The topological polar surface area (TPSA) is 61.2 Å². The van der Waals surface area contributed by atoms with Crippen LogP contribution in [0.2, 0.25) is 0 Å². The molecule has 0 saturated heterocycles. The number of halogens is 1. The van der Waals surface area contributed by atoms with Crippen molar-refractivity contribution in [2.45, 2.75) is 6.92 Å². The van der Waals surface area contributed by atoms with E-state index in [1.54, 1.807) is 6.92 Å². The quantitative estimate of drug-likeness (QED) is 0.769. The highest BCUT2D eigenvalue weighted by atomic mass is 19.1. The first kappa shape index (κ1) is 12.9. The predicted octanol–water partition coefficient (Wildman–Crippen LogP) is 1.47. The van der Waals surface area contributed by atoms with Crippen LogP contribution in [0.3, 0.4) is 0 Å². The van der Waals surface area contributed by atoms with Crippen molar-refractivity contribution in [3.8, 4) is 5.69 Å². The lowest BCUT2D eigenvalue weighted by Crippen LogP contribution is -2.24. The van der Waals surface area contributed by atoms with Gasteiger partial charge in [-0.2, -0.15) is 5.10 Å². The molecule has 0 N–H and O–H groups in total. The second-order valence-corrected chi connectivity index (χ2v) is 3.90. The molecule has 98 valence electrons. The van der Waals surface area contributed by atoms with Crippen LogP contribution in [0, 0.1) is 12.7 Å². The van der Waals surface area contributed by atoms with E-state index in [0.29, 0.717) is 11.3 Å². The third-order valence-corrected chi connectivity index (χ3v) is 2.57. The maximum atomic E-state index is 12.9. The van der Waals surface area contributed by atoms with E-state index in [1.165, 1.54) is 42.3 Å². The van der Waals surface area contributed by atoms with Crippen molar-refractivity contribution < 1.29 is 13.9 Å². The molecule has 0 saturated carbocycles. The first-order valence-electron chi connectivity index (χ1n) is 5.48. The summed E-state index contributed by atoms with van der Waals surface area (Å²) in [5.74, 6) is -1.18. The van der Waals surface area contributed by atoms with Gasteiger partial charge in [-0.1, -0.05) is 0 Å². The molecule has 0 radical (unpaired) electrons. The van der Waals surface area contributed by atoms with Gasteiger partial charge in [0.1, 0.15) is 5.82 Å². The molecule has 0 aliphatic carbocycles. The molecular weight excluding hydrogens is 251 g/mol. The third-order valence-electron chi connectivity index (χ3n) is 2.57. The highest BCUT2D eigenvalue weighted by Crippen LogP contribution is 2.08. The van der Waals surface area contributed by atoms with Crippen LogP contribution in [0.1, 0.15) is 16.1 Å². The van der Waals surface area contributed by atoms with Gasteiger partial charge in [0.05, 0.1) is 12.8 Å². The number of nitrogens with zero attached hydrogens (tertiary/aromatic N) is 2. The normalized spacial score (nSPS) is 10.3. The van der Waals surface area contributed by atoms with Crippen LogP contribution < -0.4 is 5.43 Å². The fraction of sp³-hybridized carbons (Fsp3) is 0.154. The van der Waals surface area contributed by atoms with E-state index in [0.717, 1.165) is 0 Å². The summed E-state index contributed by atoms with van der Waals surface area (Å²) in [5.41, 5.74) is 0.103. The maximum Gasteiger partial charge on any atom is 0.362 e. The lowest BCUT2D eigenvalue weighted by Gasteiger charge is -2.08. The highest BCUT2D eigenvalue weighted by Gasteiger charge is 2.16. The molecule has 0 aliphatic heterocycles. The molecule has 0 aliphatic rings. The van der Waals surface area contributed by atoms with Gasteiger partial charge in [0.15, 0.2) is 0 Å². The maximum absolute atomic E-state index is 12.9. The Morgan fingerprint density at radius 2 is 1.95 bits per heavy atom. The number of methoxy groups -OCH3 is 1. The minimum atomic E-state index is -0.801. The zero-order valence-electron chi connectivity index (χ0n) is 10.4. The highest BCUT2D eigenvalue weighted by molar-refractivity contribution is 5.87. The van der Waals surface area contributed by atoms with E-state index in [1.807, 2.05) is 0 Å². The number of hydrogen-bond donors (Lipinski definition) is 0. The van der Waals surface area contributed by atoms with E-state index in [-0.39, 0.29) is 11.5 Å². The van der Waals surface area contributed by atoms with Crippen molar-refractivity contribution in [2.75, 3.05) is 7.11 Å². The Morgan fingerprint density at radius 3 is 2.53 bits per heavy atom. The van der Waals surface area contributed by atoms with E-state index < -0.39 is 11.4 Å². The van der Waals surface area contributed by atoms with Crippen LogP contribution in [0.5, 0.6) is 0 Å². The molecule has 0 fully saturated rings. The number of rotatable bonds is 2. The Kier molecular flexibility index (Phi) is 3.41. The summed E-state index contributed by atoms with van der Waals surface area (Å²) < 4.78 is 18.7. The summed E-state index contributed by atoms with van der Waals surface area (Å²) in [6, 6.07) is 5.52. The van der Waals surface area contributed by atoms with E-state index in [9.17, 15) is 14.0 Å². The number of carbonyl (C=O) groups is 1. The molecular formula is C13H11FN2O3. The van der Waals surface area contributed by atoms with Crippen LogP contribution in [-0.4, -0.2) is 22.9 Å². The third kappa shape index (κ3) is 2.52. The van der Waals surface area contributed by atoms with E-state index >= 15 is 0 Å². The first-order valence-corrected chi connectivity index (χ1v) is 5.48. The summed E-state index contributed by atoms with van der Waals surface area (Å²) in [4.78, 5) is 23.2. The zero-order valence-corrected chi connectivity index (χ0v) is 10.4. The summed E-state index contributed by atoms with van der Waals surface area (Å²) in [6.07, 6.45) is 1.47. The minimum Gasteiger partial charge on any atom is -0.464 e. The van der Waals surface area contributed by atoms with Crippen molar-refractivity contribution in [2.24, 2.45) is 0 Å². The Morgan fingerprint density at radius 1 is 1.32 bits per heavy atom. The Labute approximate surface area is 108 Å². The van der Waals surface area contributed by atoms with Crippen LogP contribution in [-0.2, 0) is 4.74 Å². The molecule has 0 spiro atoms. The number of hydrogen-bond acceptors (Lipinski definition) is 4. The Balaban J connectivity index is 2.59. The SMILES string of the molecule is COC(=O)c1nn(-c2ccc(F)cc2)cc(C)c1=O. The number of aryl methyl sites for hydroxylation is 1. The smallest absolute Gasteiger partial charge is 0.362 e. The monoisotopic (exact) mass is 262 g/mol. The molecule has 0 amide bonds. The molecule has 1 heterocycles. The number of esters is 1. The second kappa shape index (κ2) is 5.01. The van der Waals surface area contributed by atoms with Gasteiger partial charge in [-0.15, -0.1) is 0 Å². The molecule has 0 bridgehead atoms. The van der Waals surface area contributed by atoms with Gasteiger partial charge in [-0.25, -0.2) is 13.9 Å². The molecule has 1 aromatic carbocycles. The van der Waals surface area contributed by atoms with Gasteiger partial charge in [0.2, 0.25) is 11.1 Å². The molecule has 6 heteroatoms. The zero-order chi connectivity index (χ0) is 14.0. The number of carbonyl (C=O) groups excluding carboxylic acids is 1. The molecule has 0 atom stereocenters. The summed E-state index contributed by atoms with van der Waals surface area (Å²) in [6.45, 7) is 1.57. The van der Waals surface area contributed by atoms with Gasteiger partial charge in [0, 0.05) is 11.8 Å². The van der Waals surface area contributed by atoms with Crippen molar-refractivity contribution in [3.05, 3.63) is 57.8 Å². The average molecular weight is 262 g/mol. The Bertz CT molecular complexity index is 677. The van der Waals surface area contributed by atoms with Crippen LogP contribution in [0.15, 0.2) is 35.3 Å². The van der Waals surface area contributed by atoms with Gasteiger partial charge in [-0.3, -0.25) is 4.79 Å². The molecule has 2 aromatic rings. The first-order chi connectivity index (χ1) is 9.02. The van der Waals surface area contributed by atoms with Crippen molar-refractivity contribution >= 4 is 5.97 Å². The fourth-order valence-electron chi connectivity index (χ4n) is 1.57. The van der Waals surface area contributed by atoms with Gasteiger partial charge < -0.3 is 4.74 Å². The molecule has 19 heavy (non-hydrogen) atoms. The lowest BCUT2D eigenvalue weighted by atomic mass is 10.2. The summed E-state index contributed by atoms with van der Waals surface area (Å²) in [5, 5.41) is 3.91. The van der Waals surface area contributed by atoms with Gasteiger partial charge >= 0.3 is 5.97 Å². The number of ether oxygens (including phenoxy) is 1. The average Bonchev–Trinajstić information content (AvgIpc) is 2.41. The standard InChI is InChI=1S/C13H11FN2O3/c1-8-7-16(10-5-3-9(14)4-6-10)15-11(12(8)17)13(18)19-2/h3-7H,1-2H3. The molecule has 5 nitrogen and oxygen atoms in total. The number of benzene rings is 1. The Hall–Kier alpha value is -2.50. The van der Waals surface area contributed by atoms with Crippen LogP contribution in [0.25, 0.3) is 5.69 Å². The second-order valence-electron chi connectivity index (χ2n) is 3.90. The summed E-state index contributed by atoms with van der Waals surface area (Å²) in [7, 11) is 1.17. The lowest BCUT2D eigenvalue weighted by molar-refractivity contribution is 0.0590. The van der Waals surface area contributed by atoms with Crippen molar-refractivity contribution in [1.82, 2.24) is 9.78 Å². The largest absolute Gasteiger partial charge is 0.464 e. The molecule has 0 unspecified atom stereocenters. The fourth-order valence-corrected chi connectivity index (χ4v) is 1.57. The number of aromatic nitrogens is 2. The summed E-state index contributed by atoms with van der Waals surface area (Å²) >= 11 is 0. The van der Waals surface area contributed by atoms with Gasteiger partial charge in [0.25, 0.3) is 0 Å². The van der Waals surface area contributed by atoms with Gasteiger partial charge in [-0.05, 0) is 31.2 Å². The minimum absolute atomic E-state index is 0.299.